The Balaban J connectivity index is 2.44. The Hall–Kier alpha value is -1.82. The number of aliphatic hydroxyl groups is 1. The summed E-state index contributed by atoms with van der Waals surface area (Å²) >= 11 is 0. The number of hydrogen-bond donors (Lipinski definition) is 2. The second-order valence-corrected chi connectivity index (χ2v) is 3.86. The molecule has 0 aliphatic heterocycles. The third kappa shape index (κ3) is 1.79. The van der Waals surface area contributed by atoms with Crippen molar-refractivity contribution in [1.82, 2.24) is 10.3 Å². The third-order valence-electron chi connectivity index (χ3n) is 2.37. The lowest BCUT2D eigenvalue weighted by atomic mass is 10.2. The first-order chi connectivity index (χ1) is 7.59. The molecule has 0 aliphatic rings. The van der Waals surface area contributed by atoms with Crippen molar-refractivity contribution in [3.05, 3.63) is 12.1 Å². The van der Waals surface area contributed by atoms with Gasteiger partial charge >= 0.3 is 0 Å². The van der Waals surface area contributed by atoms with Crippen LogP contribution in [-0.4, -0.2) is 35.1 Å². The summed E-state index contributed by atoms with van der Waals surface area (Å²) < 4.78 is 4.67. The van der Waals surface area contributed by atoms with Gasteiger partial charge in [-0.1, -0.05) is 0 Å². The number of nitrogens with zero attached hydrogens (tertiary/aromatic N) is 3. The van der Waals surface area contributed by atoms with Crippen molar-refractivity contribution >= 4 is 22.4 Å². The lowest BCUT2D eigenvalue weighted by molar-refractivity contribution is 0.201. The highest BCUT2D eigenvalue weighted by molar-refractivity contribution is 5.95. The fourth-order valence-electron chi connectivity index (χ4n) is 1.68. The van der Waals surface area contributed by atoms with Crippen LogP contribution in [0.2, 0.25) is 0 Å². The van der Waals surface area contributed by atoms with E-state index in [-0.39, 0.29) is 0 Å². The molecule has 1 aromatic carbocycles. The highest BCUT2D eigenvalue weighted by atomic mass is 16.6. The van der Waals surface area contributed by atoms with Gasteiger partial charge in [0, 0.05) is 13.6 Å². The molecule has 6 nitrogen and oxygen atoms in total. The first-order valence-electron chi connectivity index (χ1n) is 4.99. The highest BCUT2D eigenvalue weighted by Gasteiger charge is 2.14. The van der Waals surface area contributed by atoms with Crippen molar-refractivity contribution in [2.45, 2.75) is 13.0 Å². The molecule has 0 saturated carbocycles. The molecule has 0 radical (unpaired) electrons. The van der Waals surface area contributed by atoms with Gasteiger partial charge in [0.25, 0.3) is 0 Å². The maximum Gasteiger partial charge on any atom is 0.160 e. The van der Waals surface area contributed by atoms with Crippen LogP contribution in [0.5, 0.6) is 0 Å². The molecule has 2 aromatic rings. The maximum absolute atomic E-state index is 9.34. The number of hydrogen-bond acceptors (Lipinski definition) is 6. The van der Waals surface area contributed by atoms with E-state index < -0.39 is 6.10 Å². The Morgan fingerprint density at radius 2 is 2.12 bits per heavy atom. The quantitative estimate of drug-likeness (QED) is 0.740. The van der Waals surface area contributed by atoms with Gasteiger partial charge in [-0.05, 0) is 29.4 Å². The van der Waals surface area contributed by atoms with Crippen molar-refractivity contribution in [3.63, 3.8) is 0 Å². The van der Waals surface area contributed by atoms with Crippen LogP contribution >= 0.6 is 0 Å². The van der Waals surface area contributed by atoms with Crippen LogP contribution in [0.1, 0.15) is 6.92 Å². The monoisotopic (exact) mass is 222 g/mol. The molecule has 1 atom stereocenters. The second-order valence-electron chi connectivity index (χ2n) is 3.86. The number of anilines is 2. The number of likely N-dealkylation sites (N-methyl/N-ethyl adjacent to an activating group) is 1. The fraction of sp³-hybridized carbons (Fsp3) is 0.400. The van der Waals surface area contributed by atoms with Gasteiger partial charge < -0.3 is 15.7 Å². The molecule has 6 heteroatoms. The summed E-state index contributed by atoms with van der Waals surface area (Å²) in [5.41, 5.74) is 8.28. The van der Waals surface area contributed by atoms with Crippen LogP contribution in [0.4, 0.5) is 11.4 Å². The predicted molar refractivity (Wildman–Crippen MR) is 61.2 cm³/mol. The summed E-state index contributed by atoms with van der Waals surface area (Å²) in [5, 5.41) is 16.9. The molecule has 1 heterocycles. The highest BCUT2D eigenvalue weighted by Crippen LogP contribution is 2.27. The van der Waals surface area contributed by atoms with Gasteiger partial charge in [-0.2, -0.15) is 0 Å². The Labute approximate surface area is 92.6 Å². The molecule has 86 valence electrons. The number of nitrogens with two attached hydrogens (primary N) is 1. The van der Waals surface area contributed by atoms with Gasteiger partial charge in [-0.15, -0.1) is 0 Å². The zero-order valence-corrected chi connectivity index (χ0v) is 9.21. The van der Waals surface area contributed by atoms with Gasteiger partial charge in [-0.25, -0.2) is 4.63 Å². The smallest absolute Gasteiger partial charge is 0.160 e. The standard InChI is InChI=1S/C10H14N4O2/c1-6(15)5-14(2)8-4-3-7(11)9-10(8)13-16-12-9/h3-4,6,15H,5,11H2,1-2H3. The summed E-state index contributed by atoms with van der Waals surface area (Å²) in [6.45, 7) is 2.23. The van der Waals surface area contributed by atoms with Crippen molar-refractivity contribution in [3.8, 4) is 0 Å². The number of rotatable bonds is 3. The lowest BCUT2D eigenvalue weighted by Crippen LogP contribution is -2.27. The molecule has 0 fully saturated rings. The molecule has 0 spiro atoms. The van der Waals surface area contributed by atoms with E-state index in [1.807, 2.05) is 18.0 Å². The summed E-state index contributed by atoms with van der Waals surface area (Å²) in [6, 6.07) is 3.59. The van der Waals surface area contributed by atoms with Crippen molar-refractivity contribution in [2.24, 2.45) is 0 Å². The van der Waals surface area contributed by atoms with Gasteiger partial charge in [0.1, 0.15) is 0 Å². The topological polar surface area (TPSA) is 88.4 Å². The van der Waals surface area contributed by atoms with Crippen molar-refractivity contribution in [1.29, 1.82) is 0 Å². The minimum atomic E-state index is -0.419. The molecule has 0 saturated heterocycles. The van der Waals surface area contributed by atoms with E-state index in [0.29, 0.717) is 23.3 Å². The Morgan fingerprint density at radius 1 is 1.44 bits per heavy atom. The van der Waals surface area contributed by atoms with E-state index in [2.05, 4.69) is 14.9 Å². The number of aromatic nitrogens is 2. The lowest BCUT2D eigenvalue weighted by Gasteiger charge is -2.20. The van der Waals surface area contributed by atoms with Crippen LogP contribution in [0, 0.1) is 0 Å². The van der Waals surface area contributed by atoms with Crippen LogP contribution in [0.15, 0.2) is 16.8 Å². The molecular formula is C10H14N4O2. The normalized spacial score (nSPS) is 12.9. The molecule has 0 aliphatic carbocycles. The zero-order valence-electron chi connectivity index (χ0n) is 9.21. The van der Waals surface area contributed by atoms with Gasteiger partial charge in [0.15, 0.2) is 11.0 Å². The van der Waals surface area contributed by atoms with E-state index >= 15 is 0 Å². The SMILES string of the molecule is CC(O)CN(C)c1ccc(N)c2nonc12. The first kappa shape index (κ1) is 10.7. The molecule has 3 N–H and O–H groups in total. The van der Waals surface area contributed by atoms with Gasteiger partial charge in [-0.3, -0.25) is 0 Å². The number of fused-ring (bicyclic) bond motifs is 1. The minimum Gasteiger partial charge on any atom is -0.397 e. The summed E-state index contributed by atoms with van der Waals surface area (Å²) in [5.74, 6) is 0. The summed E-state index contributed by atoms with van der Waals surface area (Å²) in [4.78, 5) is 1.89. The molecule has 1 unspecified atom stereocenters. The molecule has 0 amide bonds. The number of nitrogen functional groups attached to an aromatic ring is 1. The molecule has 1 aromatic heterocycles. The Bertz CT molecular complexity index is 495. The van der Waals surface area contributed by atoms with Crippen LogP contribution in [0.25, 0.3) is 11.0 Å². The Kier molecular flexibility index (Phi) is 2.66. The van der Waals surface area contributed by atoms with Crippen molar-refractivity contribution < 1.29 is 9.74 Å². The Morgan fingerprint density at radius 3 is 2.81 bits per heavy atom. The first-order valence-corrected chi connectivity index (χ1v) is 4.99. The molecule has 0 bridgehead atoms. The predicted octanol–water partition coefficient (Wildman–Crippen LogP) is 0.622. The van der Waals surface area contributed by atoms with Gasteiger partial charge in [0.05, 0.1) is 17.5 Å². The average Bonchev–Trinajstić information content (AvgIpc) is 2.66. The molecule has 16 heavy (non-hydrogen) atoms. The largest absolute Gasteiger partial charge is 0.397 e. The molecule has 2 rings (SSSR count). The minimum absolute atomic E-state index is 0.419. The summed E-state index contributed by atoms with van der Waals surface area (Å²) in [7, 11) is 1.87. The van der Waals surface area contributed by atoms with E-state index in [4.69, 9.17) is 5.73 Å². The number of aliphatic hydroxyl groups excluding tert-OH is 1. The fourth-order valence-corrected chi connectivity index (χ4v) is 1.68. The van der Waals surface area contributed by atoms with Crippen LogP contribution in [0.3, 0.4) is 0 Å². The number of benzene rings is 1. The zero-order chi connectivity index (χ0) is 11.7. The van der Waals surface area contributed by atoms with E-state index in [1.165, 1.54) is 0 Å². The molecular weight excluding hydrogens is 208 g/mol. The van der Waals surface area contributed by atoms with E-state index in [0.717, 1.165) is 5.69 Å². The van der Waals surface area contributed by atoms with Crippen molar-refractivity contribution in [2.75, 3.05) is 24.2 Å². The van der Waals surface area contributed by atoms with Crippen LogP contribution < -0.4 is 10.6 Å². The average molecular weight is 222 g/mol. The van der Waals surface area contributed by atoms with Crippen LogP contribution in [-0.2, 0) is 0 Å². The van der Waals surface area contributed by atoms with E-state index in [9.17, 15) is 5.11 Å². The van der Waals surface area contributed by atoms with E-state index in [1.54, 1.807) is 13.0 Å². The third-order valence-corrected chi connectivity index (χ3v) is 2.37. The second kappa shape index (κ2) is 3.97. The maximum atomic E-state index is 9.34. The summed E-state index contributed by atoms with van der Waals surface area (Å²) in [6.07, 6.45) is -0.419. The van der Waals surface area contributed by atoms with Gasteiger partial charge in [0.2, 0.25) is 0 Å².